The summed E-state index contributed by atoms with van der Waals surface area (Å²) in [7, 11) is 0. The van der Waals surface area contributed by atoms with Crippen LogP contribution in [0, 0.1) is 0 Å². The molecule has 164 valence electrons. The first kappa shape index (κ1) is 20.7. The van der Waals surface area contributed by atoms with E-state index in [1.807, 2.05) is 24.3 Å². The number of rotatable bonds is 4. The number of ether oxygens (including phenoxy) is 1. The molecule has 5 rings (SSSR count). The zero-order chi connectivity index (χ0) is 22.1. The van der Waals surface area contributed by atoms with Crippen molar-refractivity contribution in [3.8, 4) is 11.5 Å². The van der Waals surface area contributed by atoms with Crippen molar-refractivity contribution in [2.45, 2.75) is 19.9 Å². The van der Waals surface area contributed by atoms with Crippen LogP contribution in [0.3, 0.4) is 0 Å². The SMILES string of the molecule is CC(C)N1CCN(c2ccc(C3=C(c4ccc(O)cc4)COc4ccccc43)cc2)CC1. The molecule has 32 heavy (non-hydrogen) atoms. The molecule has 3 aromatic carbocycles. The third-order valence-electron chi connectivity index (χ3n) is 6.61. The van der Waals surface area contributed by atoms with Gasteiger partial charge in [0.2, 0.25) is 0 Å². The minimum Gasteiger partial charge on any atom is -0.508 e. The molecule has 3 aromatic rings. The van der Waals surface area contributed by atoms with Gasteiger partial charge in [0.15, 0.2) is 0 Å². The van der Waals surface area contributed by atoms with Crippen molar-refractivity contribution in [3.63, 3.8) is 0 Å². The minimum absolute atomic E-state index is 0.273. The molecule has 2 aliphatic heterocycles. The van der Waals surface area contributed by atoms with E-state index in [0.717, 1.165) is 48.6 Å². The highest BCUT2D eigenvalue weighted by atomic mass is 16.5. The van der Waals surface area contributed by atoms with Crippen LogP contribution in [0.5, 0.6) is 11.5 Å². The topological polar surface area (TPSA) is 35.9 Å². The summed E-state index contributed by atoms with van der Waals surface area (Å²) in [5.74, 6) is 1.19. The number of phenolic OH excluding ortho intramolecular Hbond substituents is 1. The largest absolute Gasteiger partial charge is 0.508 e. The van der Waals surface area contributed by atoms with Crippen molar-refractivity contribution in [2.24, 2.45) is 0 Å². The molecule has 0 aromatic heterocycles. The van der Waals surface area contributed by atoms with Crippen molar-refractivity contribution in [1.29, 1.82) is 0 Å². The Bertz CT molecular complexity index is 1110. The first-order chi connectivity index (χ1) is 15.6. The highest BCUT2D eigenvalue weighted by Crippen LogP contribution is 2.41. The van der Waals surface area contributed by atoms with E-state index in [2.05, 4.69) is 60.0 Å². The molecule has 0 amide bonds. The van der Waals surface area contributed by atoms with E-state index in [1.54, 1.807) is 12.1 Å². The zero-order valence-electron chi connectivity index (χ0n) is 18.8. The molecular weight excluding hydrogens is 396 g/mol. The van der Waals surface area contributed by atoms with Gasteiger partial charge in [-0.05, 0) is 60.9 Å². The lowest BCUT2D eigenvalue weighted by Crippen LogP contribution is -2.48. The summed E-state index contributed by atoms with van der Waals surface area (Å²) < 4.78 is 6.09. The summed E-state index contributed by atoms with van der Waals surface area (Å²) in [4.78, 5) is 5.02. The summed E-state index contributed by atoms with van der Waals surface area (Å²) in [6, 6.07) is 25.2. The maximum absolute atomic E-state index is 9.74. The fourth-order valence-electron chi connectivity index (χ4n) is 4.74. The van der Waals surface area contributed by atoms with E-state index in [4.69, 9.17) is 4.74 Å². The van der Waals surface area contributed by atoms with Crippen molar-refractivity contribution in [3.05, 3.63) is 89.5 Å². The standard InChI is InChI=1S/C28H30N2O2/c1-20(2)29-15-17-30(18-16-29)23-11-7-22(8-12-23)28-25-5-3-4-6-27(25)32-19-26(28)21-9-13-24(31)14-10-21/h3-14,20,31H,15-19H2,1-2H3. The van der Waals surface area contributed by atoms with Gasteiger partial charge in [-0.25, -0.2) is 0 Å². The molecule has 1 N–H and O–H groups in total. The van der Waals surface area contributed by atoms with Crippen LogP contribution in [0.4, 0.5) is 5.69 Å². The quantitative estimate of drug-likeness (QED) is 0.616. The van der Waals surface area contributed by atoms with E-state index in [0.29, 0.717) is 12.6 Å². The molecule has 0 bridgehead atoms. The third-order valence-corrected chi connectivity index (χ3v) is 6.61. The number of benzene rings is 3. The van der Waals surface area contributed by atoms with Gasteiger partial charge >= 0.3 is 0 Å². The second-order valence-corrected chi connectivity index (χ2v) is 8.85. The van der Waals surface area contributed by atoms with Crippen molar-refractivity contribution in [1.82, 2.24) is 4.90 Å². The summed E-state index contributed by atoms with van der Waals surface area (Å²) in [6.07, 6.45) is 0. The molecule has 0 unspecified atom stereocenters. The van der Waals surface area contributed by atoms with Crippen molar-refractivity contribution >= 4 is 16.8 Å². The first-order valence-corrected chi connectivity index (χ1v) is 11.4. The van der Waals surface area contributed by atoms with Gasteiger partial charge in [-0.1, -0.05) is 42.5 Å². The van der Waals surface area contributed by atoms with Crippen LogP contribution < -0.4 is 9.64 Å². The molecule has 2 aliphatic rings. The molecule has 1 fully saturated rings. The molecule has 0 atom stereocenters. The van der Waals surface area contributed by atoms with Crippen molar-refractivity contribution < 1.29 is 9.84 Å². The van der Waals surface area contributed by atoms with E-state index in [-0.39, 0.29) is 5.75 Å². The van der Waals surface area contributed by atoms with Gasteiger partial charge in [0.1, 0.15) is 18.1 Å². The van der Waals surface area contributed by atoms with Crippen LogP contribution in [0.2, 0.25) is 0 Å². The van der Waals surface area contributed by atoms with Gasteiger partial charge in [-0.2, -0.15) is 0 Å². The second-order valence-electron chi connectivity index (χ2n) is 8.85. The molecular formula is C28H30N2O2. The van der Waals surface area contributed by atoms with Gasteiger partial charge in [0.05, 0.1) is 0 Å². The third kappa shape index (κ3) is 3.98. The molecule has 4 heteroatoms. The van der Waals surface area contributed by atoms with Crippen LogP contribution in [-0.4, -0.2) is 48.8 Å². The lowest BCUT2D eigenvalue weighted by atomic mass is 9.87. The van der Waals surface area contributed by atoms with Gasteiger partial charge in [0, 0.05) is 49.0 Å². The molecule has 0 saturated carbocycles. The fourth-order valence-corrected chi connectivity index (χ4v) is 4.74. The minimum atomic E-state index is 0.273. The number of nitrogens with zero attached hydrogens (tertiary/aromatic N) is 2. The van der Waals surface area contributed by atoms with Crippen LogP contribution >= 0.6 is 0 Å². The number of hydrogen-bond donors (Lipinski definition) is 1. The number of anilines is 1. The molecule has 1 saturated heterocycles. The average Bonchev–Trinajstić information content (AvgIpc) is 2.84. The van der Waals surface area contributed by atoms with Crippen LogP contribution in [0.1, 0.15) is 30.5 Å². The number of fused-ring (bicyclic) bond motifs is 1. The summed E-state index contributed by atoms with van der Waals surface area (Å²) in [5.41, 5.74) is 7.00. The highest BCUT2D eigenvalue weighted by molar-refractivity contribution is 6.01. The molecule has 0 aliphatic carbocycles. The van der Waals surface area contributed by atoms with Gasteiger partial charge in [-0.3, -0.25) is 4.90 Å². The molecule has 4 nitrogen and oxygen atoms in total. The Labute approximate surface area is 190 Å². The maximum atomic E-state index is 9.74. The molecule has 0 radical (unpaired) electrons. The molecule has 2 heterocycles. The van der Waals surface area contributed by atoms with Crippen LogP contribution in [0.25, 0.3) is 11.1 Å². The predicted octanol–water partition coefficient (Wildman–Crippen LogP) is 5.27. The Morgan fingerprint density at radius 2 is 1.44 bits per heavy atom. The van der Waals surface area contributed by atoms with Gasteiger partial charge in [0.25, 0.3) is 0 Å². The average molecular weight is 427 g/mol. The lowest BCUT2D eigenvalue weighted by Gasteiger charge is -2.38. The summed E-state index contributed by atoms with van der Waals surface area (Å²) in [5, 5.41) is 9.74. The van der Waals surface area contributed by atoms with Crippen LogP contribution in [0.15, 0.2) is 72.8 Å². The van der Waals surface area contributed by atoms with E-state index in [9.17, 15) is 5.11 Å². The Morgan fingerprint density at radius 3 is 2.12 bits per heavy atom. The second kappa shape index (κ2) is 8.71. The Balaban J connectivity index is 1.50. The Kier molecular flexibility index (Phi) is 5.62. The Morgan fingerprint density at radius 1 is 0.781 bits per heavy atom. The Hall–Kier alpha value is -3.24. The summed E-state index contributed by atoms with van der Waals surface area (Å²) >= 11 is 0. The fraction of sp³-hybridized carbons (Fsp3) is 0.286. The maximum Gasteiger partial charge on any atom is 0.127 e. The summed E-state index contributed by atoms with van der Waals surface area (Å²) in [6.45, 7) is 9.41. The van der Waals surface area contributed by atoms with Gasteiger partial charge < -0.3 is 14.7 Å². The zero-order valence-corrected chi connectivity index (χ0v) is 18.8. The number of para-hydroxylation sites is 1. The first-order valence-electron chi connectivity index (χ1n) is 11.4. The van der Waals surface area contributed by atoms with E-state index >= 15 is 0 Å². The molecule has 0 spiro atoms. The van der Waals surface area contributed by atoms with E-state index < -0.39 is 0 Å². The monoisotopic (exact) mass is 426 g/mol. The van der Waals surface area contributed by atoms with Crippen LogP contribution in [-0.2, 0) is 0 Å². The smallest absolute Gasteiger partial charge is 0.127 e. The number of piperazine rings is 1. The highest BCUT2D eigenvalue weighted by Gasteiger charge is 2.23. The van der Waals surface area contributed by atoms with Gasteiger partial charge in [-0.15, -0.1) is 0 Å². The lowest BCUT2D eigenvalue weighted by molar-refractivity contribution is 0.209. The number of phenols is 1. The van der Waals surface area contributed by atoms with E-state index in [1.165, 1.54) is 16.8 Å². The number of aromatic hydroxyl groups is 1. The predicted molar refractivity (Wildman–Crippen MR) is 131 cm³/mol. The number of hydrogen-bond acceptors (Lipinski definition) is 4. The normalized spacial score (nSPS) is 16.8. The van der Waals surface area contributed by atoms with Crippen molar-refractivity contribution in [2.75, 3.05) is 37.7 Å².